The Kier molecular flexibility index (Phi) is 3.19. The number of hydrogen-bond donors (Lipinski definition) is 0. The second-order valence-electron chi connectivity index (χ2n) is 6.33. The lowest BCUT2D eigenvalue weighted by Crippen LogP contribution is -2.05. The Balaban J connectivity index is 2.02. The van der Waals surface area contributed by atoms with E-state index in [0.717, 1.165) is 35.2 Å². The Morgan fingerprint density at radius 2 is 2.04 bits per heavy atom. The lowest BCUT2D eigenvalue weighted by Gasteiger charge is -2.06. The maximum atomic E-state index is 12.4. The second-order valence-corrected chi connectivity index (χ2v) is 6.33. The summed E-state index contributed by atoms with van der Waals surface area (Å²) in [5.41, 5.74) is 4.66. The standard InChI is InChI=1S/C17H19N5O2/c1-9-12(8-21(2)19-9)13-7-11(17(23)24-4)14-15(10-5-6-10)20-22(3)16(14)18-13/h7-8,10H,5-6H2,1-4H3. The van der Waals surface area contributed by atoms with Crippen molar-refractivity contribution >= 4 is 17.0 Å². The fraction of sp³-hybridized carbons (Fsp3) is 0.412. The van der Waals surface area contributed by atoms with Crippen molar-refractivity contribution in [3.05, 3.63) is 29.2 Å². The second kappa shape index (κ2) is 5.15. The Morgan fingerprint density at radius 1 is 1.29 bits per heavy atom. The fourth-order valence-corrected chi connectivity index (χ4v) is 3.18. The number of carbonyl (C=O) groups is 1. The predicted molar refractivity (Wildman–Crippen MR) is 88.8 cm³/mol. The number of esters is 1. The Hall–Kier alpha value is -2.70. The van der Waals surface area contributed by atoms with Gasteiger partial charge in [0.15, 0.2) is 5.65 Å². The van der Waals surface area contributed by atoms with Gasteiger partial charge in [-0.2, -0.15) is 10.2 Å². The van der Waals surface area contributed by atoms with Gasteiger partial charge in [0, 0.05) is 31.8 Å². The van der Waals surface area contributed by atoms with Crippen LogP contribution in [-0.4, -0.2) is 37.6 Å². The molecule has 0 N–H and O–H groups in total. The van der Waals surface area contributed by atoms with Gasteiger partial charge in [0.25, 0.3) is 0 Å². The number of methoxy groups -OCH3 is 1. The van der Waals surface area contributed by atoms with Gasteiger partial charge in [-0.25, -0.2) is 9.78 Å². The molecule has 0 spiro atoms. The molecule has 3 aromatic rings. The summed E-state index contributed by atoms with van der Waals surface area (Å²) >= 11 is 0. The van der Waals surface area contributed by atoms with E-state index < -0.39 is 0 Å². The number of rotatable bonds is 3. The third-order valence-corrected chi connectivity index (χ3v) is 4.48. The lowest BCUT2D eigenvalue weighted by molar-refractivity contribution is 0.0603. The summed E-state index contributed by atoms with van der Waals surface area (Å²) in [5.74, 6) is 0.0602. The van der Waals surface area contributed by atoms with Crippen LogP contribution in [0, 0.1) is 6.92 Å². The number of pyridine rings is 1. The Morgan fingerprint density at radius 3 is 2.62 bits per heavy atom. The molecular formula is C17H19N5O2. The number of aromatic nitrogens is 5. The normalized spacial score (nSPS) is 14.3. The molecule has 24 heavy (non-hydrogen) atoms. The number of hydrogen-bond acceptors (Lipinski definition) is 5. The predicted octanol–water partition coefficient (Wildman–Crippen LogP) is 2.34. The van der Waals surface area contributed by atoms with Crippen LogP contribution >= 0.6 is 0 Å². The molecule has 0 bridgehead atoms. The smallest absolute Gasteiger partial charge is 0.338 e. The molecule has 3 aromatic heterocycles. The van der Waals surface area contributed by atoms with Crippen LogP contribution in [0.5, 0.6) is 0 Å². The highest BCUT2D eigenvalue weighted by molar-refractivity contribution is 6.05. The zero-order valence-electron chi connectivity index (χ0n) is 14.2. The maximum absolute atomic E-state index is 12.4. The van der Waals surface area contributed by atoms with Gasteiger partial charge in [0.2, 0.25) is 0 Å². The minimum Gasteiger partial charge on any atom is -0.465 e. The number of ether oxygens (including phenoxy) is 1. The Bertz CT molecular complexity index is 965. The highest BCUT2D eigenvalue weighted by atomic mass is 16.5. The van der Waals surface area contributed by atoms with E-state index in [2.05, 4.69) is 10.2 Å². The first-order chi connectivity index (χ1) is 11.5. The van der Waals surface area contributed by atoms with Crippen LogP contribution in [0.4, 0.5) is 0 Å². The van der Waals surface area contributed by atoms with Gasteiger partial charge in [-0.3, -0.25) is 9.36 Å². The first-order valence-electron chi connectivity index (χ1n) is 7.96. The summed E-state index contributed by atoms with van der Waals surface area (Å²) in [6.45, 7) is 1.93. The van der Waals surface area contributed by atoms with Crippen molar-refractivity contribution in [2.45, 2.75) is 25.7 Å². The molecule has 0 radical (unpaired) electrons. The minimum atomic E-state index is -0.361. The van der Waals surface area contributed by atoms with E-state index >= 15 is 0 Å². The lowest BCUT2D eigenvalue weighted by atomic mass is 10.0. The van der Waals surface area contributed by atoms with Gasteiger partial charge < -0.3 is 4.74 Å². The molecule has 7 nitrogen and oxygen atoms in total. The van der Waals surface area contributed by atoms with Crippen LogP contribution in [-0.2, 0) is 18.8 Å². The van der Waals surface area contributed by atoms with Crippen molar-refractivity contribution in [3.8, 4) is 11.3 Å². The van der Waals surface area contributed by atoms with Crippen LogP contribution in [0.2, 0.25) is 0 Å². The molecule has 0 amide bonds. The summed E-state index contributed by atoms with van der Waals surface area (Å²) in [6, 6.07) is 1.80. The van der Waals surface area contributed by atoms with Gasteiger partial charge in [-0.05, 0) is 25.8 Å². The zero-order chi connectivity index (χ0) is 17.0. The largest absolute Gasteiger partial charge is 0.465 e. The highest BCUT2D eigenvalue weighted by Gasteiger charge is 2.32. The highest BCUT2D eigenvalue weighted by Crippen LogP contribution is 2.43. The molecule has 0 saturated heterocycles. The summed E-state index contributed by atoms with van der Waals surface area (Å²) in [5, 5.41) is 9.80. The summed E-state index contributed by atoms with van der Waals surface area (Å²) < 4.78 is 8.51. The van der Waals surface area contributed by atoms with E-state index in [0.29, 0.717) is 22.8 Å². The quantitative estimate of drug-likeness (QED) is 0.691. The third-order valence-electron chi connectivity index (χ3n) is 4.48. The zero-order valence-corrected chi connectivity index (χ0v) is 14.2. The molecule has 3 heterocycles. The first-order valence-corrected chi connectivity index (χ1v) is 7.96. The molecule has 7 heteroatoms. The topological polar surface area (TPSA) is 74.8 Å². The van der Waals surface area contributed by atoms with Crippen LogP contribution in [0.1, 0.15) is 40.5 Å². The monoisotopic (exact) mass is 325 g/mol. The average molecular weight is 325 g/mol. The van der Waals surface area contributed by atoms with Crippen LogP contribution in [0.3, 0.4) is 0 Å². The molecule has 1 saturated carbocycles. The molecular weight excluding hydrogens is 306 g/mol. The van der Waals surface area contributed by atoms with E-state index in [1.54, 1.807) is 15.4 Å². The van der Waals surface area contributed by atoms with E-state index in [1.165, 1.54) is 7.11 Å². The fourth-order valence-electron chi connectivity index (χ4n) is 3.18. The molecule has 0 aromatic carbocycles. The maximum Gasteiger partial charge on any atom is 0.338 e. The van der Waals surface area contributed by atoms with E-state index in [9.17, 15) is 4.79 Å². The molecule has 0 atom stereocenters. The number of aryl methyl sites for hydroxylation is 3. The van der Waals surface area contributed by atoms with Gasteiger partial charge in [-0.1, -0.05) is 0 Å². The van der Waals surface area contributed by atoms with Gasteiger partial charge in [-0.15, -0.1) is 0 Å². The Labute approximate surface area is 139 Å². The molecule has 0 aliphatic heterocycles. The summed E-state index contributed by atoms with van der Waals surface area (Å²) in [4.78, 5) is 17.2. The van der Waals surface area contributed by atoms with E-state index in [1.807, 2.05) is 27.2 Å². The van der Waals surface area contributed by atoms with Crippen LogP contribution in [0.25, 0.3) is 22.3 Å². The molecule has 1 aliphatic carbocycles. The number of fused-ring (bicyclic) bond motifs is 1. The molecule has 4 rings (SSSR count). The van der Waals surface area contributed by atoms with Gasteiger partial charge in [0.1, 0.15) is 0 Å². The van der Waals surface area contributed by atoms with Crippen molar-refractivity contribution < 1.29 is 9.53 Å². The molecule has 124 valence electrons. The first kappa shape index (κ1) is 14.9. The van der Waals surface area contributed by atoms with Crippen molar-refractivity contribution in [2.75, 3.05) is 7.11 Å². The summed E-state index contributed by atoms with van der Waals surface area (Å²) in [7, 11) is 5.13. The van der Waals surface area contributed by atoms with Crippen LogP contribution in [0.15, 0.2) is 12.3 Å². The average Bonchev–Trinajstić information content (AvgIpc) is 3.28. The summed E-state index contributed by atoms with van der Waals surface area (Å²) in [6.07, 6.45) is 4.12. The van der Waals surface area contributed by atoms with Crippen molar-refractivity contribution in [1.29, 1.82) is 0 Å². The molecule has 1 aliphatic rings. The van der Waals surface area contributed by atoms with Crippen molar-refractivity contribution in [1.82, 2.24) is 24.5 Å². The van der Waals surface area contributed by atoms with Crippen LogP contribution < -0.4 is 0 Å². The van der Waals surface area contributed by atoms with Crippen molar-refractivity contribution in [3.63, 3.8) is 0 Å². The van der Waals surface area contributed by atoms with Gasteiger partial charge >= 0.3 is 5.97 Å². The number of nitrogens with zero attached hydrogens (tertiary/aromatic N) is 5. The van der Waals surface area contributed by atoms with Gasteiger partial charge in [0.05, 0.1) is 35.1 Å². The SMILES string of the molecule is COC(=O)c1cc(-c2cn(C)nc2C)nc2c1c(C1CC1)nn2C. The van der Waals surface area contributed by atoms with E-state index in [-0.39, 0.29) is 5.97 Å². The van der Waals surface area contributed by atoms with Crippen molar-refractivity contribution in [2.24, 2.45) is 14.1 Å². The molecule has 1 fully saturated rings. The third kappa shape index (κ3) is 2.19. The minimum absolute atomic E-state index is 0.361. The number of carbonyl (C=O) groups excluding carboxylic acids is 1. The molecule has 0 unspecified atom stereocenters. The van der Waals surface area contributed by atoms with E-state index in [4.69, 9.17) is 9.72 Å².